The Morgan fingerprint density at radius 1 is 1.53 bits per heavy atom. The molecule has 104 valence electrons. The van der Waals surface area contributed by atoms with E-state index < -0.39 is 23.9 Å². The molecule has 0 spiro atoms. The topological polar surface area (TPSA) is 72.8 Å². The van der Waals surface area contributed by atoms with Crippen molar-refractivity contribution in [3.8, 4) is 0 Å². The zero-order valence-electron chi connectivity index (χ0n) is 10.9. The summed E-state index contributed by atoms with van der Waals surface area (Å²) in [4.78, 5) is 13.0. The molecule has 1 aromatic carbocycles. The van der Waals surface area contributed by atoms with Gasteiger partial charge in [-0.3, -0.25) is 4.79 Å². The fourth-order valence-electron chi connectivity index (χ4n) is 2.05. The molecule has 0 aromatic heterocycles. The Bertz CT molecular complexity index is 505. The summed E-state index contributed by atoms with van der Waals surface area (Å²) in [5.74, 6) is -1.04. The number of carbonyl (C=O) groups is 1. The fraction of sp³-hybridized carbons (Fsp3) is 0.462. The van der Waals surface area contributed by atoms with Crippen LogP contribution >= 0.6 is 0 Å². The van der Waals surface area contributed by atoms with Crippen molar-refractivity contribution in [1.82, 2.24) is 0 Å². The minimum absolute atomic E-state index is 0.259. The SMILES string of the molecule is CC(O)CCN(C)c1cc2c(cc1F)C(O)C(=O)N2. The predicted molar refractivity (Wildman–Crippen MR) is 69.6 cm³/mol. The summed E-state index contributed by atoms with van der Waals surface area (Å²) in [6, 6.07) is 2.67. The molecule has 19 heavy (non-hydrogen) atoms. The monoisotopic (exact) mass is 268 g/mol. The molecule has 0 saturated carbocycles. The number of hydrogen-bond acceptors (Lipinski definition) is 4. The van der Waals surface area contributed by atoms with E-state index in [-0.39, 0.29) is 5.56 Å². The first-order valence-corrected chi connectivity index (χ1v) is 6.11. The molecule has 5 nitrogen and oxygen atoms in total. The first-order chi connectivity index (χ1) is 8.90. The molecule has 3 N–H and O–H groups in total. The molecule has 1 heterocycles. The lowest BCUT2D eigenvalue weighted by atomic mass is 10.1. The van der Waals surface area contributed by atoms with Gasteiger partial charge in [0.25, 0.3) is 5.91 Å². The van der Waals surface area contributed by atoms with Gasteiger partial charge >= 0.3 is 0 Å². The number of halogens is 1. The van der Waals surface area contributed by atoms with Gasteiger partial charge in [0.2, 0.25) is 0 Å². The first-order valence-electron chi connectivity index (χ1n) is 6.11. The van der Waals surface area contributed by atoms with Crippen LogP contribution in [0, 0.1) is 5.82 Å². The Kier molecular flexibility index (Phi) is 3.73. The van der Waals surface area contributed by atoms with Gasteiger partial charge in [0.1, 0.15) is 5.82 Å². The van der Waals surface area contributed by atoms with Crippen LogP contribution in [0.5, 0.6) is 0 Å². The molecule has 1 aliphatic rings. The van der Waals surface area contributed by atoms with E-state index in [0.717, 1.165) is 0 Å². The number of rotatable bonds is 4. The van der Waals surface area contributed by atoms with Crippen LogP contribution in [0.2, 0.25) is 0 Å². The highest BCUT2D eigenvalue weighted by atomic mass is 19.1. The third-order valence-corrected chi connectivity index (χ3v) is 3.21. The molecule has 1 amide bonds. The highest BCUT2D eigenvalue weighted by Crippen LogP contribution is 2.35. The minimum atomic E-state index is -1.30. The average molecular weight is 268 g/mol. The number of aliphatic hydroxyl groups excluding tert-OH is 2. The lowest BCUT2D eigenvalue weighted by molar-refractivity contribution is -0.123. The van der Waals surface area contributed by atoms with Crippen LogP contribution in [0.25, 0.3) is 0 Å². The van der Waals surface area contributed by atoms with Gasteiger partial charge in [0.15, 0.2) is 6.10 Å². The zero-order valence-corrected chi connectivity index (χ0v) is 10.9. The number of fused-ring (bicyclic) bond motifs is 1. The van der Waals surface area contributed by atoms with Crippen LogP contribution in [0.3, 0.4) is 0 Å². The van der Waals surface area contributed by atoms with Crippen molar-refractivity contribution in [2.75, 3.05) is 23.8 Å². The summed E-state index contributed by atoms with van der Waals surface area (Å²) in [7, 11) is 1.71. The first kappa shape index (κ1) is 13.8. The summed E-state index contributed by atoms with van der Waals surface area (Å²) in [5, 5.41) is 21.3. The number of amides is 1. The van der Waals surface area contributed by atoms with Gasteiger partial charge in [-0.25, -0.2) is 4.39 Å². The summed E-state index contributed by atoms with van der Waals surface area (Å²) >= 11 is 0. The lowest BCUT2D eigenvalue weighted by Gasteiger charge is -2.21. The van der Waals surface area contributed by atoms with E-state index in [2.05, 4.69) is 5.32 Å². The van der Waals surface area contributed by atoms with Crippen molar-refractivity contribution in [3.05, 3.63) is 23.5 Å². The highest BCUT2D eigenvalue weighted by Gasteiger charge is 2.30. The molecule has 0 saturated heterocycles. The van der Waals surface area contributed by atoms with Crippen molar-refractivity contribution in [2.45, 2.75) is 25.6 Å². The number of anilines is 2. The third kappa shape index (κ3) is 2.69. The summed E-state index contributed by atoms with van der Waals surface area (Å²) in [5.41, 5.74) is 1.02. The number of hydrogen-bond donors (Lipinski definition) is 3. The molecular weight excluding hydrogens is 251 g/mol. The summed E-state index contributed by atoms with van der Waals surface area (Å²) < 4.78 is 14.0. The van der Waals surface area contributed by atoms with Crippen molar-refractivity contribution in [1.29, 1.82) is 0 Å². The van der Waals surface area contributed by atoms with E-state index in [1.165, 1.54) is 12.1 Å². The van der Waals surface area contributed by atoms with E-state index in [4.69, 9.17) is 0 Å². The van der Waals surface area contributed by atoms with Gasteiger partial charge in [0.05, 0.1) is 11.8 Å². The Balaban J connectivity index is 2.24. The molecule has 1 aromatic rings. The third-order valence-electron chi connectivity index (χ3n) is 3.21. The van der Waals surface area contributed by atoms with Gasteiger partial charge in [-0.1, -0.05) is 0 Å². The van der Waals surface area contributed by atoms with Crippen LogP contribution in [0.1, 0.15) is 25.0 Å². The lowest BCUT2D eigenvalue weighted by Crippen LogP contribution is -2.22. The number of aliphatic hydroxyl groups is 2. The Hall–Kier alpha value is -1.66. The second-order valence-electron chi connectivity index (χ2n) is 4.84. The van der Waals surface area contributed by atoms with Crippen molar-refractivity contribution in [3.63, 3.8) is 0 Å². The number of carbonyl (C=O) groups excluding carboxylic acids is 1. The van der Waals surface area contributed by atoms with Crippen LogP contribution < -0.4 is 10.2 Å². The van der Waals surface area contributed by atoms with Crippen LogP contribution in [0.15, 0.2) is 12.1 Å². The van der Waals surface area contributed by atoms with Crippen LogP contribution in [-0.4, -0.2) is 35.8 Å². The molecule has 0 radical (unpaired) electrons. The van der Waals surface area contributed by atoms with E-state index in [0.29, 0.717) is 24.3 Å². The van der Waals surface area contributed by atoms with Crippen molar-refractivity contribution in [2.24, 2.45) is 0 Å². The number of nitrogens with zero attached hydrogens (tertiary/aromatic N) is 1. The standard InChI is InChI=1S/C13H17FN2O3/c1-7(17)3-4-16(2)11-6-10-8(5-9(11)14)12(18)13(19)15-10/h5-7,12,17-18H,3-4H2,1-2H3,(H,15,19). The molecule has 2 atom stereocenters. The fourth-order valence-corrected chi connectivity index (χ4v) is 2.05. The molecular formula is C13H17FN2O3. The van der Waals surface area contributed by atoms with E-state index in [1.807, 2.05) is 0 Å². The van der Waals surface area contributed by atoms with Crippen LogP contribution in [-0.2, 0) is 4.79 Å². The van der Waals surface area contributed by atoms with Gasteiger partial charge in [0, 0.05) is 24.8 Å². The van der Waals surface area contributed by atoms with Crippen molar-refractivity contribution >= 4 is 17.3 Å². The molecule has 6 heteroatoms. The maximum atomic E-state index is 14.0. The maximum Gasteiger partial charge on any atom is 0.257 e. The maximum absolute atomic E-state index is 14.0. The average Bonchev–Trinajstić information content (AvgIpc) is 2.61. The number of benzene rings is 1. The molecule has 0 aliphatic carbocycles. The molecule has 1 aliphatic heterocycles. The normalized spacial score (nSPS) is 19.0. The quantitative estimate of drug-likeness (QED) is 0.762. The van der Waals surface area contributed by atoms with Gasteiger partial charge in [-0.05, 0) is 25.5 Å². The van der Waals surface area contributed by atoms with Gasteiger partial charge in [-0.2, -0.15) is 0 Å². The second-order valence-corrected chi connectivity index (χ2v) is 4.84. The predicted octanol–water partition coefficient (Wildman–Crippen LogP) is 1.02. The zero-order chi connectivity index (χ0) is 14.2. The number of nitrogens with one attached hydrogen (secondary N) is 1. The van der Waals surface area contributed by atoms with Crippen molar-refractivity contribution < 1.29 is 19.4 Å². The Morgan fingerprint density at radius 3 is 2.84 bits per heavy atom. The largest absolute Gasteiger partial charge is 0.393 e. The van der Waals surface area contributed by atoms with Gasteiger partial charge in [-0.15, -0.1) is 0 Å². The Morgan fingerprint density at radius 2 is 2.21 bits per heavy atom. The molecule has 0 fully saturated rings. The summed E-state index contributed by atoms with van der Waals surface area (Å²) in [6.07, 6.45) is -1.25. The van der Waals surface area contributed by atoms with Crippen LogP contribution in [0.4, 0.5) is 15.8 Å². The Labute approximate surface area is 110 Å². The highest BCUT2D eigenvalue weighted by molar-refractivity contribution is 6.02. The molecule has 0 bridgehead atoms. The van der Waals surface area contributed by atoms with E-state index in [1.54, 1.807) is 18.9 Å². The molecule has 2 rings (SSSR count). The smallest absolute Gasteiger partial charge is 0.257 e. The molecule has 2 unspecified atom stereocenters. The second kappa shape index (κ2) is 5.14. The van der Waals surface area contributed by atoms with E-state index >= 15 is 0 Å². The summed E-state index contributed by atoms with van der Waals surface area (Å²) in [6.45, 7) is 2.16. The minimum Gasteiger partial charge on any atom is -0.393 e. The van der Waals surface area contributed by atoms with Gasteiger partial charge < -0.3 is 20.4 Å². The van der Waals surface area contributed by atoms with E-state index in [9.17, 15) is 19.4 Å².